The summed E-state index contributed by atoms with van der Waals surface area (Å²) in [4.78, 5) is 11.2. The van der Waals surface area contributed by atoms with Gasteiger partial charge in [-0.05, 0) is 18.9 Å². The van der Waals surface area contributed by atoms with Crippen LogP contribution >= 0.6 is 24.0 Å². The van der Waals surface area contributed by atoms with Crippen molar-refractivity contribution in [3.8, 4) is 0 Å². The molecule has 0 bridgehead atoms. The lowest BCUT2D eigenvalue weighted by Gasteiger charge is -2.29. The molecule has 0 amide bonds. The molecule has 0 aromatic carbocycles. The van der Waals surface area contributed by atoms with Crippen molar-refractivity contribution in [2.45, 2.75) is 25.5 Å². The Labute approximate surface area is 184 Å². The Kier molecular flexibility index (Phi) is 10.8. The van der Waals surface area contributed by atoms with Crippen LogP contribution in [-0.4, -0.2) is 76.8 Å². The van der Waals surface area contributed by atoms with Crippen LogP contribution in [0.15, 0.2) is 23.3 Å². The molecule has 3 rings (SSSR count). The van der Waals surface area contributed by atoms with Gasteiger partial charge in [-0.1, -0.05) is 6.07 Å². The molecule has 0 saturated carbocycles. The largest absolute Gasteiger partial charge is 0.379 e. The Bertz CT molecular complexity index is 593. The Morgan fingerprint density at radius 2 is 2.14 bits per heavy atom. The number of pyridine rings is 1. The van der Waals surface area contributed by atoms with E-state index in [9.17, 15) is 0 Å². The van der Waals surface area contributed by atoms with Crippen LogP contribution in [0.1, 0.15) is 18.4 Å². The first-order chi connectivity index (χ1) is 13.4. The minimum atomic E-state index is 0. The summed E-state index contributed by atoms with van der Waals surface area (Å²) in [5.41, 5.74) is 1.16. The van der Waals surface area contributed by atoms with Crippen molar-refractivity contribution in [3.05, 3.63) is 23.9 Å². The molecule has 2 aliphatic heterocycles. The highest BCUT2D eigenvalue weighted by molar-refractivity contribution is 14.0. The second-order valence-electron chi connectivity index (χ2n) is 6.65. The molecule has 9 heteroatoms. The van der Waals surface area contributed by atoms with Crippen LogP contribution in [0.3, 0.4) is 0 Å². The van der Waals surface area contributed by atoms with E-state index in [1.54, 1.807) is 7.05 Å². The highest BCUT2D eigenvalue weighted by atomic mass is 127. The van der Waals surface area contributed by atoms with Gasteiger partial charge in [-0.25, -0.2) is 4.98 Å². The third-order valence-electron chi connectivity index (χ3n) is 4.70. The van der Waals surface area contributed by atoms with Gasteiger partial charge >= 0.3 is 0 Å². The van der Waals surface area contributed by atoms with Gasteiger partial charge in [0.25, 0.3) is 0 Å². The van der Waals surface area contributed by atoms with Gasteiger partial charge < -0.3 is 29.7 Å². The molecule has 1 unspecified atom stereocenters. The number of aliphatic imine (C=N–C) groups is 1. The zero-order valence-corrected chi connectivity index (χ0v) is 18.9. The SMILES string of the molecule is CN=C(NCCCOC1CCOC1)NCc1cccnc1N1CCOCC1.I. The van der Waals surface area contributed by atoms with Gasteiger partial charge in [0.2, 0.25) is 0 Å². The number of hydrogen-bond acceptors (Lipinski definition) is 6. The van der Waals surface area contributed by atoms with Crippen molar-refractivity contribution in [2.75, 3.05) is 64.6 Å². The molecule has 2 aliphatic rings. The van der Waals surface area contributed by atoms with E-state index < -0.39 is 0 Å². The smallest absolute Gasteiger partial charge is 0.191 e. The molecule has 158 valence electrons. The first kappa shape index (κ1) is 23.1. The monoisotopic (exact) mass is 505 g/mol. The third kappa shape index (κ3) is 7.34. The van der Waals surface area contributed by atoms with Gasteiger partial charge in [-0.15, -0.1) is 24.0 Å². The lowest BCUT2D eigenvalue weighted by molar-refractivity contribution is 0.0420. The van der Waals surface area contributed by atoms with E-state index in [-0.39, 0.29) is 30.1 Å². The van der Waals surface area contributed by atoms with Gasteiger partial charge in [0, 0.05) is 58.2 Å². The average Bonchev–Trinajstić information content (AvgIpc) is 3.24. The van der Waals surface area contributed by atoms with Gasteiger partial charge in [-0.2, -0.15) is 0 Å². The molecule has 1 aromatic heterocycles. The number of ether oxygens (including phenoxy) is 3. The number of hydrogen-bond donors (Lipinski definition) is 2. The zero-order valence-electron chi connectivity index (χ0n) is 16.6. The number of aromatic nitrogens is 1. The Balaban J connectivity index is 0.00000280. The van der Waals surface area contributed by atoms with Crippen molar-refractivity contribution < 1.29 is 14.2 Å². The van der Waals surface area contributed by atoms with Crippen molar-refractivity contribution >= 4 is 35.8 Å². The van der Waals surface area contributed by atoms with Gasteiger partial charge in [-0.3, -0.25) is 4.99 Å². The summed E-state index contributed by atoms with van der Waals surface area (Å²) in [7, 11) is 1.79. The number of morpholine rings is 1. The summed E-state index contributed by atoms with van der Waals surface area (Å²) in [5, 5.41) is 6.72. The zero-order chi connectivity index (χ0) is 18.7. The summed E-state index contributed by atoms with van der Waals surface area (Å²) >= 11 is 0. The molecule has 8 nitrogen and oxygen atoms in total. The highest BCUT2D eigenvalue weighted by Gasteiger charge is 2.16. The Morgan fingerprint density at radius 3 is 2.89 bits per heavy atom. The quantitative estimate of drug-likeness (QED) is 0.239. The lowest BCUT2D eigenvalue weighted by Crippen LogP contribution is -2.39. The molecule has 3 heterocycles. The molecule has 0 spiro atoms. The summed E-state index contributed by atoms with van der Waals surface area (Å²) in [5.74, 6) is 1.81. The first-order valence-corrected chi connectivity index (χ1v) is 9.77. The van der Waals surface area contributed by atoms with E-state index in [2.05, 4.69) is 31.6 Å². The molecule has 28 heavy (non-hydrogen) atoms. The molecule has 1 atom stereocenters. The number of rotatable bonds is 8. The van der Waals surface area contributed by atoms with Gasteiger partial charge in [0.15, 0.2) is 5.96 Å². The molecule has 0 radical (unpaired) electrons. The van der Waals surface area contributed by atoms with Crippen molar-refractivity contribution in [3.63, 3.8) is 0 Å². The number of guanidine groups is 1. The number of nitrogens with zero attached hydrogens (tertiary/aromatic N) is 3. The van der Waals surface area contributed by atoms with Crippen LogP contribution in [-0.2, 0) is 20.8 Å². The van der Waals surface area contributed by atoms with E-state index in [0.717, 1.165) is 82.9 Å². The number of halogens is 1. The Hall–Kier alpha value is -1.17. The molecule has 2 fully saturated rings. The van der Waals surface area contributed by atoms with E-state index in [1.807, 2.05) is 12.3 Å². The molecule has 2 saturated heterocycles. The predicted octanol–water partition coefficient (Wildman–Crippen LogP) is 1.40. The van der Waals surface area contributed by atoms with E-state index >= 15 is 0 Å². The fourth-order valence-electron chi connectivity index (χ4n) is 3.20. The molecular formula is C19H32IN5O3. The number of anilines is 1. The highest BCUT2D eigenvalue weighted by Crippen LogP contribution is 2.18. The second kappa shape index (κ2) is 13.1. The van der Waals surface area contributed by atoms with Crippen molar-refractivity contribution in [2.24, 2.45) is 4.99 Å². The topological polar surface area (TPSA) is 80.2 Å². The second-order valence-corrected chi connectivity index (χ2v) is 6.65. The van der Waals surface area contributed by atoms with Crippen LogP contribution in [0.2, 0.25) is 0 Å². The van der Waals surface area contributed by atoms with Crippen LogP contribution < -0.4 is 15.5 Å². The summed E-state index contributed by atoms with van der Waals surface area (Å²) in [6.45, 7) is 7.04. The normalized spacial score (nSPS) is 20.0. The lowest BCUT2D eigenvalue weighted by atomic mass is 10.2. The maximum Gasteiger partial charge on any atom is 0.191 e. The van der Waals surface area contributed by atoms with Crippen LogP contribution in [0.25, 0.3) is 0 Å². The van der Waals surface area contributed by atoms with Crippen molar-refractivity contribution in [1.29, 1.82) is 0 Å². The Morgan fingerprint density at radius 1 is 1.29 bits per heavy atom. The predicted molar refractivity (Wildman–Crippen MR) is 121 cm³/mol. The van der Waals surface area contributed by atoms with Crippen LogP contribution in [0.5, 0.6) is 0 Å². The average molecular weight is 505 g/mol. The molecule has 0 aliphatic carbocycles. The van der Waals surface area contributed by atoms with Crippen LogP contribution in [0.4, 0.5) is 5.82 Å². The maximum absolute atomic E-state index is 5.78. The third-order valence-corrected chi connectivity index (χ3v) is 4.70. The van der Waals surface area contributed by atoms with E-state index in [4.69, 9.17) is 14.2 Å². The first-order valence-electron chi connectivity index (χ1n) is 9.77. The summed E-state index contributed by atoms with van der Waals surface area (Å²) in [6, 6.07) is 4.08. The standard InChI is InChI=1S/C19H31N5O3.HI/c1-20-19(22-7-3-10-27-17-5-11-26-15-17)23-14-16-4-2-6-21-18(16)24-8-12-25-13-9-24;/h2,4,6,17H,3,5,7-15H2,1H3,(H2,20,22,23);1H. The van der Waals surface area contributed by atoms with Gasteiger partial charge in [0.05, 0.1) is 25.9 Å². The van der Waals surface area contributed by atoms with E-state index in [0.29, 0.717) is 6.54 Å². The number of nitrogens with one attached hydrogen (secondary N) is 2. The van der Waals surface area contributed by atoms with Gasteiger partial charge in [0.1, 0.15) is 5.82 Å². The van der Waals surface area contributed by atoms with Crippen LogP contribution in [0, 0.1) is 0 Å². The molecule has 1 aromatic rings. The fraction of sp³-hybridized carbons (Fsp3) is 0.684. The minimum absolute atomic E-state index is 0. The summed E-state index contributed by atoms with van der Waals surface area (Å²) < 4.78 is 16.5. The fourth-order valence-corrected chi connectivity index (χ4v) is 3.20. The maximum atomic E-state index is 5.78. The molecular weight excluding hydrogens is 473 g/mol. The van der Waals surface area contributed by atoms with Crippen molar-refractivity contribution in [1.82, 2.24) is 15.6 Å². The summed E-state index contributed by atoms with van der Waals surface area (Å²) in [6.07, 6.45) is 4.05. The minimum Gasteiger partial charge on any atom is -0.379 e. The van der Waals surface area contributed by atoms with E-state index in [1.165, 1.54) is 0 Å². The molecule has 2 N–H and O–H groups in total.